The molecule has 180 valence electrons. The highest BCUT2D eigenvalue weighted by atomic mass is 32.1. The summed E-state index contributed by atoms with van der Waals surface area (Å²) >= 11 is 1.56. The molecule has 2 aliphatic carbocycles. The molecule has 3 atom stereocenters. The lowest BCUT2D eigenvalue weighted by molar-refractivity contribution is 0.135. The molecule has 3 aliphatic rings. The van der Waals surface area contributed by atoms with Gasteiger partial charge < -0.3 is 16.0 Å². The largest absolute Gasteiger partial charge is 0.369 e. The van der Waals surface area contributed by atoms with Crippen LogP contribution >= 0.6 is 11.3 Å². The second kappa shape index (κ2) is 8.46. The number of benzene rings is 1. The van der Waals surface area contributed by atoms with Crippen LogP contribution in [0, 0.1) is 11.8 Å². The van der Waals surface area contributed by atoms with E-state index in [1.54, 1.807) is 16.0 Å². The van der Waals surface area contributed by atoms with Gasteiger partial charge in [-0.25, -0.2) is 9.97 Å². The van der Waals surface area contributed by atoms with Crippen LogP contribution in [0.15, 0.2) is 42.0 Å². The van der Waals surface area contributed by atoms with Crippen molar-refractivity contribution in [3.05, 3.63) is 42.0 Å². The van der Waals surface area contributed by atoms with E-state index in [1.165, 1.54) is 50.8 Å². The van der Waals surface area contributed by atoms with Crippen molar-refractivity contribution < 1.29 is 0 Å². The lowest BCUT2D eigenvalue weighted by Gasteiger charge is -2.41. The number of fused-ring (bicyclic) bond motifs is 3. The van der Waals surface area contributed by atoms with Crippen LogP contribution in [0.4, 0.5) is 23.3 Å². The fraction of sp³-hybridized carbons (Fsp3) is 0.440. The van der Waals surface area contributed by atoms with Crippen LogP contribution in [0.2, 0.25) is 0 Å². The number of anilines is 4. The van der Waals surface area contributed by atoms with Crippen molar-refractivity contribution in [1.82, 2.24) is 29.6 Å². The molecule has 1 aromatic carbocycles. The van der Waals surface area contributed by atoms with Crippen molar-refractivity contribution >= 4 is 44.8 Å². The molecule has 3 aromatic heterocycles. The van der Waals surface area contributed by atoms with E-state index in [0.717, 1.165) is 46.9 Å². The van der Waals surface area contributed by atoms with Crippen LogP contribution in [-0.2, 0) is 0 Å². The summed E-state index contributed by atoms with van der Waals surface area (Å²) in [5, 5.41) is 9.81. The first-order valence-corrected chi connectivity index (χ1v) is 13.4. The van der Waals surface area contributed by atoms with Crippen LogP contribution in [0.1, 0.15) is 25.7 Å². The highest BCUT2D eigenvalue weighted by molar-refractivity contribution is 7.17. The van der Waals surface area contributed by atoms with Gasteiger partial charge >= 0.3 is 0 Å². The van der Waals surface area contributed by atoms with Gasteiger partial charge in [-0.3, -0.25) is 4.90 Å². The molecule has 4 aromatic rings. The predicted octanol–water partition coefficient (Wildman–Crippen LogP) is 3.91. The van der Waals surface area contributed by atoms with E-state index >= 15 is 0 Å². The minimum Gasteiger partial charge on any atom is -0.369 e. The molecule has 2 bridgehead atoms. The van der Waals surface area contributed by atoms with Gasteiger partial charge in [0.1, 0.15) is 6.33 Å². The van der Waals surface area contributed by atoms with Gasteiger partial charge in [0.2, 0.25) is 11.9 Å². The molecule has 7 rings (SSSR count). The van der Waals surface area contributed by atoms with E-state index < -0.39 is 0 Å². The fourth-order valence-corrected chi connectivity index (χ4v) is 7.13. The Labute approximate surface area is 208 Å². The average molecular weight is 488 g/mol. The standard InChI is InChI=1S/C25H29N9S/c26-24-30-25(31-34(24)23-22-20(7-12-35-22)27-15-28-23)29-18-3-5-19(6-4-18)32-8-10-33(11-9-32)21-14-16-1-2-17(21)13-16/h3-7,12,15-17,21H,1-2,8-11,13-14H2,(H3,26,29,30,31)/t16-,17+,21+/m1/s1. The van der Waals surface area contributed by atoms with Gasteiger partial charge in [-0.2, -0.15) is 9.67 Å². The molecular weight excluding hydrogens is 458 g/mol. The van der Waals surface area contributed by atoms with E-state index in [1.807, 2.05) is 11.4 Å². The Kier molecular flexibility index (Phi) is 5.09. The van der Waals surface area contributed by atoms with Crippen LogP contribution < -0.4 is 16.0 Å². The summed E-state index contributed by atoms with van der Waals surface area (Å²) in [6.07, 6.45) is 7.38. The zero-order valence-electron chi connectivity index (χ0n) is 19.5. The topological polar surface area (TPSA) is 101 Å². The molecule has 35 heavy (non-hydrogen) atoms. The lowest BCUT2D eigenvalue weighted by atomic mass is 9.93. The molecule has 2 saturated carbocycles. The number of nitrogens with zero attached hydrogens (tertiary/aromatic N) is 7. The van der Waals surface area contributed by atoms with E-state index in [4.69, 9.17) is 5.73 Å². The monoisotopic (exact) mass is 487 g/mol. The first-order chi connectivity index (χ1) is 17.2. The van der Waals surface area contributed by atoms with Gasteiger partial charge in [0.25, 0.3) is 0 Å². The summed E-state index contributed by atoms with van der Waals surface area (Å²) in [5.41, 5.74) is 9.23. The summed E-state index contributed by atoms with van der Waals surface area (Å²) in [6.45, 7) is 4.54. The van der Waals surface area contributed by atoms with Gasteiger partial charge in [-0.15, -0.1) is 16.4 Å². The molecule has 0 radical (unpaired) electrons. The summed E-state index contributed by atoms with van der Waals surface area (Å²) in [5.74, 6) is 3.34. The van der Waals surface area contributed by atoms with Gasteiger partial charge in [-0.05, 0) is 66.8 Å². The number of nitrogens with one attached hydrogen (secondary N) is 1. The summed E-state index contributed by atoms with van der Waals surface area (Å²) in [4.78, 5) is 18.3. The maximum absolute atomic E-state index is 6.17. The van der Waals surface area contributed by atoms with E-state index in [0.29, 0.717) is 11.8 Å². The van der Waals surface area contributed by atoms with Crippen LogP contribution in [0.25, 0.3) is 16.0 Å². The first-order valence-electron chi connectivity index (χ1n) is 12.5. The molecule has 0 amide bonds. The SMILES string of the molecule is Nc1nc(Nc2ccc(N3CCN([C@H]4C[C@@H]5CC[C@H]4C5)CC3)cc2)nn1-c1ncnc2ccsc12. The lowest BCUT2D eigenvalue weighted by Crippen LogP contribution is -2.51. The highest BCUT2D eigenvalue weighted by Crippen LogP contribution is 2.46. The molecule has 10 heteroatoms. The Morgan fingerprint density at radius 2 is 1.83 bits per heavy atom. The third-order valence-corrected chi connectivity index (χ3v) is 8.93. The number of aromatic nitrogens is 5. The van der Waals surface area contributed by atoms with Crippen molar-refractivity contribution in [2.75, 3.05) is 42.1 Å². The summed E-state index contributed by atoms with van der Waals surface area (Å²) < 4.78 is 2.49. The minimum absolute atomic E-state index is 0.283. The molecule has 3 N–H and O–H groups in total. The van der Waals surface area contributed by atoms with Gasteiger partial charge in [-0.1, -0.05) is 6.42 Å². The Morgan fingerprint density at radius 3 is 2.60 bits per heavy atom. The second-order valence-corrected chi connectivity index (χ2v) is 10.9. The number of nitrogen functional groups attached to an aromatic ring is 1. The van der Waals surface area contributed by atoms with Crippen molar-refractivity contribution in [3.63, 3.8) is 0 Å². The Hall–Kier alpha value is -3.24. The molecule has 3 fully saturated rings. The van der Waals surface area contributed by atoms with Crippen molar-refractivity contribution in [3.8, 4) is 5.82 Å². The molecular formula is C25H29N9S. The van der Waals surface area contributed by atoms with Crippen molar-refractivity contribution in [1.29, 1.82) is 0 Å². The maximum atomic E-state index is 6.17. The second-order valence-electron chi connectivity index (χ2n) is 9.97. The quantitative estimate of drug-likeness (QED) is 0.437. The number of rotatable bonds is 5. The van der Waals surface area contributed by atoms with Crippen LogP contribution in [0.3, 0.4) is 0 Å². The Morgan fingerprint density at radius 1 is 0.971 bits per heavy atom. The van der Waals surface area contributed by atoms with Crippen molar-refractivity contribution in [2.45, 2.75) is 31.7 Å². The van der Waals surface area contributed by atoms with Crippen molar-refractivity contribution in [2.24, 2.45) is 11.8 Å². The van der Waals surface area contributed by atoms with Gasteiger partial charge in [0, 0.05) is 43.6 Å². The molecule has 4 heterocycles. The third-order valence-electron chi connectivity index (χ3n) is 8.03. The number of hydrogen-bond acceptors (Lipinski definition) is 9. The predicted molar refractivity (Wildman–Crippen MR) is 139 cm³/mol. The first kappa shape index (κ1) is 21.1. The van der Waals surface area contributed by atoms with E-state index in [-0.39, 0.29) is 5.95 Å². The zero-order valence-corrected chi connectivity index (χ0v) is 20.4. The Bertz CT molecular complexity index is 1340. The number of thiophene rings is 1. The molecule has 0 unspecified atom stereocenters. The third kappa shape index (κ3) is 3.81. The molecule has 0 spiro atoms. The zero-order chi connectivity index (χ0) is 23.4. The number of piperazine rings is 1. The minimum atomic E-state index is 0.283. The average Bonchev–Trinajstić information content (AvgIpc) is 3.69. The molecule has 1 aliphatic heterocycles. The molecule has 9 nitrogen and oxygen atoms in total. The van der Waals surface area contributed by atoms with Crippen LogP contribution in [0.5, 0.6) is 0 Å². The highest BCUT2D eigenvalue weighted by Gasteiger charge is 2.42. The smallest absolute Gasteiger partial charge is 0.248 e. The van der Waals surface area contributed by atoms with Crippen LogP contribution in [-0.4, -0.2) is 61.9 Å². The maximum Gasteiger partial charge on any atom is 0.248 e. The van der Waals surface area contributed by atoms with Gasteiger partial charge in [0.05, 0.1) is 10.2 Å². The molecule has 1 saturated heterocycles. The Balaban J connectivity index is 1.01. The van der Waals surface area contributed by atoms with E-state index in [2.05, 4.69) is 59.4 Å². The number of hydrogen-bond donors (Lipinski definition) is 2. The summed E-state index contributed by atoms with van der Waals surface area (Å²) in [7, 11) is 0. The number of nitrogens with two attached hydrogens (primary N) is 1. The summed E-state index contributed by atoms with van der Waals surface area (Å²) in [6, 6.07) is 11.3. The fourth-order valence-electron chi connectivity index (χ4n) is 6.31. The normalized spacial score (nSPS) is 24.5. The van der Waals surface area contributed by atoms with Gasteiger partial charge in [0.15, 0.2) is 5.82 Å². The van der Waals surface area contributed by atoms with E-state index in [9.17, 15) is 0 Å².